The van der Waals surface area contributed by atoms with Crippen LogP contribution in [0.4, 0.5) is 0 Å². The summed E-state index contributed by atoms with van der Waals surface area (Å²) < 4.78 is 1.97. The second kappa shape index (κ2) is 6.18. The molecule has 0 aliphatic heterocycles. The molecule has 24 heavy (non-hydrogen) atoms. The first kappa shape index (κ1) is 15.0. The summed E-state index contributed by atoms with van der Waals surface area (Å²) in [5, 5.41) is 8.57. The van der Waals surface area contributed by atoms with Gasteiger partial charge in [-0.15, -0.1) is 22.7 Å². The van der Waals surface area contributed by atoms with Gasteiger partial charge in [0.05, 0.1) is 6.54 Å². The predicted molar refractivity (Wildman–Crippen MR) is 97.3 cm³/mol. The van der Waals surface area contributed by atoms with E-state index in [2.05, 4.69) is 15.3 Å². The summed E-state index contributed by atoms with van der Waals surface area (Å²) >= 11 is 3.10. The summed E-state index contributed by atoms with van der Waals surface area (Å²) in [6.07, 6.45) is 3.78. The molecule has 0 radical (unpaired) electrons. The molecule has 0 atom stereocenters. The first-order valence-corrected chi connectivity index (χ1v) is 9.15. The molecule has 0 saturated carbocycles. The number of amides is 1. The number of fused-ring (bicyclic) bond motifs is 1. The number of aryl methyl sites for hydroxylation is 1. The van der Waals surface area contributed by atoms with Crippen LogP contribution in [-0.4, -0.2) is 20.4 Å². The Balaban J connectivity index is 1.59. The lowest BCUT2D eigenvalue weighted by Gasteiger charge is -2.00. The molecule has 0 aromatic carbocycles. The van der Waals surface area contributed by atoms with Crippen LogP contribution in [0.1, 0.15) is 15.4 Å². The highest BCUT2D eigenvalue weighted by molar-refractivity contribution is 7.13. The van der Waals surface area contributed by atoms with Crippen LogP contribution in [0, 0.1) is 0 Å². The van der Waals surface area contributed by atoms with Gasteiger partial charge in [-0.25, -0.2) is 9.97 Å². The lowest BCUT2D eigenvalue weighted by atomic mass is 10.2. The smallest absolute Gasteiger partial charge is 0.271 e. The molecule has 0 aliphatic rings. The van der Waals surface area contributed by atoms with Crippen LogP contribution in [0.3, 0.4) is 0 Å². The van der Waals surface area contributed by atoms with Gasteiger partial charge >= 0.3 is 0 Å². The summed E-state index contributed by atoms with van der Waals surface area (Å²) in [6, 6.07) is 7.91. The number of thiazole rings is 1. The summed E-state index contributed by atoms with van der Waals surface area (Å²) in [5.74, 6) is -0.149. The van der Waals surface area contributed by atoms with Crippen molar-refractivity contribution in [2.45, 2.75) is 6.54 Å². The average Bonchev–Trinajstić information content (AvgIpc) is 3.33. The van der Waals surface area contributed by atoms with Crippen molar-refractivity contribution in [3.05, 3.63) is 58.0 Å². The molecule has 4 aromatic rings. The molecule has 0 unspecified atom stereocenters. The average molecular weight is 354 g/mol. The molecule has 4 rings (SSSR count). The Morgan fingerprint density at radius 3 is 3.04 bits per heavy atom. The highest BCUT2D eigenvalue weighted by Gasteiger charge is 2.15. The largest absolute Gasteiger partial charge is 0.346 e. The monoisotopic (exact) mass is 354 g/mol. The third-order valence-corrected chi connectivity index (χ3v) is 5.46. The highest BCUT2D eigenvalue weighted by atomic mass is 32.1. The van der Waals surface area contributed by atoms with E-state index in [4.69, 9.17) is 0 Å². The number of carbonyl (C=O) groups excluding carboxylic acids is 1. The molecule has 120 valence electrons. The molecule has 1 amide bonds. The van der Waals surface area contributed by atoms with Gasteiger partial charge in [-0.05, 0) is 23.6 Å². The lowest BCUT2D eigenvalue weighted by molar-refractivity contribution is 0.0947. The van der Waals surface area contributed by atoms with Crippen molar-refractivity contribution < 1.29 is 4.79 Å². The Labute approximate surface area is 146 Å². The fraction of sp³-hybridized carbons (Fsp3) is 0.118. The van der Waals surface area contributed by atoms with Crippen molar-refractivity contribution in [1.29, 1.82) is 0 Å². The molecule has 1 N–H and O–H groups in total. The fourth-order valence-corrected chi connectivity index (χ4v) is 4.02. The second-order valence-electron chi connectivity index (χ2n) is 5.33. The number of hydrogen-bond acceptors (Lipinski definition) is 5. The second-order valence-corrected chi connectivity index (χ2v) is 7.22. The molecule has 0 saturated heterocycles. The third kappa shape index (κ3) is 2.72. The van der Waals surface area contributed by atoms with Gasteiger partial charge in [0.2, 0.25) is 0 Å². The van der Waals surface area contributed by atoms with Gasteiger partial charge in [-0.1, -0.05) is 6.07 Å². The predicted octanol–water partition coefficient (Wildman–Crippen LogP) is 3.69. The number of nitrogens with zero attached hydrogens (tertiary/aromatic N) is 3. The van der Waals surface area contributed by atoms with Gasteiger partial charge in [-0.3, -0.25) is 4.79 Å². The molecule has 0 bridgehead atoms. The van der Waals surface area contributed by atoms with E-state index in [9.17, 15) is 4.79 Å². The zero-order valence-corrected chi connectivity index (χ0v) is 14.5. The Hall–Kier alpha value is -2.51. The third-order valence-electron chi connectivity index (χ3n) is 3.70. The molecule has 0 fully saturated rings. The standard InChI is InChI=1S/C17H14N4OS2/c1-21-9-13(12-5-2-6-18-15(12)21)17-20-14(10-24-17)16(22)19-8-11-4-3-7-23-11/h2-7,9-10H,8H2,1H3,(H,19,22). The van der Waals surface area contributed by atoms with Crippen LogP contribution in [-0.2, 0) is 13.6 Å². The maximum atomic E-state index is 12.3. The molecule has 4 heterocycles. The van der Waals surface area contributed by atoms with Crippen LogP contribution in [0.2, 0.25) is 0 Å². The maximum Gasteiger partial charge on any atom is 0.271 e. The van der Waals surface area contributed by atoms with Crippen molar-refractivity contribution in [2.24, 2.45) is 7.05 Å². The zero-order chi connectivity index (χ0) is 16.5. The van der Waals surface area contributed by atoms with E-state index in [-0.39, 0.29) is 5.91 Å². The molecular formula is C17H14N4OS2. The van der Waals surface area contributed by atoms with Crippen molar-refractivity contribution in [1.82, 2.24) is 19.9 Å². The van der Waals surface area contributed by atoms with E-state index in [0.29, 0.717) is 12.2 Å². The van der Waals surface area contributed by atoms with E-state index >= 15 is 0 Å². The minimum absolute atomic E-state index is 0.149. The minimum atomic E-state index is -0.149. The summed E-state index contributed by atoms with van der Waals surface area (Å²) in [7, 11) is 1.96. The molecule has 5 nitrogen and oxygen atoms in total. The van der Waals surface area contributed by atoms with E-state index in [1.54, 1.807) is 22.9 Å². The first-order valence-electron chi connectivity index (χ1n) is 7.39. The van der Waals surface area contributed by atoms with Crippen LogP contribution < -0.4 is 5.32 Å². The van der Waals surface area contributed by atoms with E-state index in [1.807, 2.05) is 47.5 Å². The van der Waals surface area contributed by atoms with Crippen LogP contribution >= 0.6 is 22.7 Å². The number of rotatable bonds is 4. The number of aromatic nitrogens is 3. The Morgan fingerprint density at radius 2 is 2.21 bits per heavy atom. The normalized spacial score (nSPS) is 11.0. The van der Waals surface area contributed by atoms with Gasteiger partial charge in [0.1, 0.15) is 16.3 Å². The molecule has 4 aromatic heterocycles. The molecule has 0 spiro atoms. The number of carbonyl (C=O) groups is 1. The van der Waals surface area contributed by atoms with Crippen molar-refractivity contribution in [3.63, 3.8) is 0 Å². The van der Waals surface area contributed by atoms with Gasteiger partial charge in [-0.2, -0.15) is 0 Å². The molecule has 0 aliphatic carbocycles. The van der Waals surface area contributed by atoms with Gasteiger partial charge < -0.3 is 9.88 Å². The minimum Gasteiger partial charge on any atom is -0.346 e. The van der Waals surface area contributed by atoms with Crippen LogP contribution in [0.15, 0.2) is 47.4 Å². The number of pyridine rings is 1. The topological polar surface area (TPSA) is 59.8 Å². The fourth-order valence-electron chi connectivity index (χ4n) is 2.56. The molecule has 7 heteroatoms. The highest BCUT2D eigenvalue weighted by Crippen LogP contribution is 2.31. The maximum absolute atomic E-state index is 12.3. The van der Waals surface area contributed by atoms with Crippen molar-refractivity contribution in [3.8, 4) is 10.6 Å². The number of hydrogen-bond donors (Lipinski definition) is 1. The zero-order valence-electron chi connectivity index (χ0n) is 12.9. The summed E-state index contributed by atoms with van der Waals surface area (Å²) in [5.41, 5.74) is 2.36. The van der Waals surface area contributed by atoms with Crippen molar-refractivity contribution in [2.75, 3.05) is 0 Å². The molecular weight excluding hydrogens is 340 g/mol. The van der Waals surface area contributed by atoms with Gasteiger partial charge in [0, 0.05) is 40.6 Å². The number of thiophene rings is 1. The van der Waals surface area contributed by atoms with Gasteiger partial charge in [0.15, 0.2) is 0 Å². The quantitative estimate of drug-likeness (QED) is 0.608. The SMILES string of the molecule is Cn1cc(-c2nc(C(=O)NCc3cccs3)cs2)c2cccnc21. The van der Waals surface area contributed by atoms with Crippen LogP contribution in [0.25, 0.3) is 21.6 Å². The Kier molecular flexibility index (Phi) is 3.87. The van der Waals surface area contributed by atoms with Crippen LogP contribution in [0.5, 0.6) is 0 Å². The van der Waals surface area contributed by atoms with E-state index in [1.165, 1.54) is 11.3 Å². The first-order chi connectivity index (χ1) is 11.7. The van der Waals surface area contributed by atoms with E-state index in [0.717, 1.165) is 26.5 Å². The number of nitrogens with one attached hydrogen (secondary N) is 1. The Morgan fingerprint density at radius 1 is 1.29 bits per heavy atom. The summed E-state index contributed by atoms with van der Waals surface area (Å²) in [6.45, 7) is 0.529. The van der Waals surface area contributed by atoms with Gasteiger partial charge in [0.25, 0.3) is 5.91 Å². The summed E-state index contributed by atoms with van der Waals surface area (Å²) in [4.78, 5) is 22.3. The van der Waals surface area contributed by atoms with Crippen molar-refractivity contribution >= 4 is 39.6 Å². The lowest BCUT2D eigenvalue weighted by Crippen LogP contribution is -2.22. The van der Waals surface area contributed by atoms with E-state index < -0.39 is 0 Å². The Bertz CT molecular complexity index is 1000.